The molecule has 0 bridgehead atoms. The lowest BCUT2D eigenvalue weighted by molar-refractivity contribution is 0.144. The van der Waals surface area contributed by atoms with Crippen molar-refractivity contribution in [2.24, 2.45) is 5.73 Å². The van der Waals surface area contributed by atoms with Crippen molar-refractivity contribution in [2.75, 3.05) is 7.11 Å². The smallest absolute Gasteiger partial charge is 0.269 e. The molecule has 0 radical (unpaired) electrons. The number of nitrogens with zero attached hydrogens (tertiary/aromatic N) is 1. The SMILES string of the molecule is COc1ncc(Cl)c(CN)c1C(F)F. The number of pyridine rings is 1. The average Bonchev–Trinajstić information content (AvgIpc) is 2.17. The molecule has 0 aliphatic carbocycles. The van der Waals surface area contributed by atoms with Crippen molar-refractivity contribution < 1.29 is 13.5 Å². The van der Waals surface area contributed by atoms with Gasteiger partial charge in [-0.3, -0.25) is 0 Å². The number of hydrogen-bond acceptors (Lipinski definition) is 3. The first-order valence-corrected chi connectivity index (χ1v) is 4.19. The van der Waals surface area contributed by atoms with E-state index in [1.807, 2.05) is 0 Å². The zero-order valence-corrected chi connectivity index (χ0v) is 8.18. The maximum absolute atomic E-state index is 12.6. The molecule has 78 valence electrons. The summed E-state index contributed by atoms with van der Waals surface area (Å²) < 4.78 is 29.9. The third-order valence-electron chi connectivity index (χ3n) is 1.75. The Morgan fingerprint density at radius 1 is 1.64 bits per heavy atom. The number of halogens is 3. The monoisotopic (exact) mass is 222 g/mol. The van der Waals surface area contributed by atoms with Crippen molar-refractivity contribution in [1.29, 1.82) is 0 Å². The van der Waals surface area contributed by atoms with Crippen molar-refractivity contribution in [2.45, 2.75) is 13.0 Å². The van der Waals surface area contributed by atoms with Crippen LogP contribution in [0.4, 0.5) is 8.78 Å². The van der Waals surface area contributed by atoms with Gasteiger partial charge in [0.05, 0.1) is 17.7 Å². The second kappa shape index (κ2) is 4.52. The van der Waals surface area contributed by atoms with E-state index in [1.54, 1.807) is 0 Å². The van der Waals surface area contributed by atoms with E-state index >= 15 is 0 Å². The highest BCUT2D eigenvalue weighted by atomic mass is 35.5. The van der Waals surface area contributed by atoms with Crippen molar-refractivity contribution in [3.05, 3.63) is 22.3 Å². The second-order valence-electron chi connectivity index (χ2n) is 2.51. The number of hydrogen-bond donors (Lipinski definition) is 1. The Labute approximate surface area is 84.8 Å². The highest BCUT2D eigenvalue weighted by Crippen LogP contribution is 2.33. The zero-order valence-electron chi connectivity index (χ0n) is 7.43. The van der Waals surface area contributed by atoms with E-state index in [1.165, 1.54) is 13.3 Å². The molecule has 1 aromatic rings. The third kappa shape index (κ3) is 1.93. The van der Waals surface area contributed by atoms with Crippen LogP contribution in [0.2, 0.25) is 5.02 Å². The number of methoxy groups -OCH3 is 1. The summed E-state index contributed by atoms with van der Waals surface area (Å²) >= 11 is 5.67. The average molecular weight is 223 g/mol. The van der Waals surface area contributed by atoms with Gasteiger partial charge < -0.3 is 10.5 Å². The van der Waals surface area contributed by atoms with Crippen LogP contribution in [0.3, 0.4) is 0 Å². The molecule has 0 spiro atoms. The van der Waals surface area contributed by atoms with Gasteiger partial charge in [0, 0.05) is 18.3 Å². The molecule has 1 aromatic heterocycles. The van der Waals surface area contributed by atoms with E-state index in [4.69, 9.17) is 22.1 Å². The van der Waals surface area contributed by atoms with Crippen LogP contribution in [0.15, 0.2) is 6.20 Å². The lowest BCUT2D eigenvalue weighted by atomic mass is 10.1. The van der Waals surface area contributed by atoms with Gasteiger partial charge in [-0.05, 0) is 0 Å². The van der Waals surface area contributed by atoms with Gasteiger partial charge in [0.25, 0.3) is 6.43 Å². The molecule has 3 nitrogen and oxygen atoms in total. The standard InChI is InChI=1S/C8H9ClF2N2O/c1-14-8-6(7(10)11)4(2-12)5(9)3-13-8/h3,7H,2,12H2,1H3. The van der Waals surface area contributed by atoms with Gasteiger partial charge in [0.1, 0.15) is 0 Å². The highest BCUT2D eigenvalue weighted by molar-refractivity contribution is 6.31. The molecule has 14 heavy (non-hydrogen) atoms. The van der Waals surface area contributed by atoms with Crippen molar-refractivity contribution in [3.8, 4) is 5.88 Å². The predicted octanol–water partition coefficient (Wildman–Crippen LogP) is 2.14. The molecular formula is C8H9ClF2N2O. The molecule has 1 heterocycles. The van der Waals surface area contributed by atoms with Gasteiger partial charge in [-0.1, -0.05) is 11.6 Å². The number of rotatable bonds is 3. The molecular weight excluding hydrogens is 214 g/mol. The van der Waals surface area contributed by atoms with E-state index in [9.17, 15) is 8.78 Å². The first-order valence-electron chi connectivity index (χ1n) is 3.81. The Morgan fingerprint density at radius 2 is 2.29 bits per heavy atom. The molecule has 0 unspecified atom stereocenters. The Kier molecular flexibility index (Phi) is 3.60. The minimum Gasteiger partial charge on any atom is -0.481 e. The van der Waals surface area contributed by atoms with Crippen molar-refractivity contribution in [3.63, 3.8) is 0 Å². The van der Waals surface area contributed by atoms with Gasteiger partial charge in [0.15, 0.2) is 0 Å². The normalized spacial score (nSPS) is 10.7. The Bertz CT molecular complexity index is 333. The molecule has 0 aromatic carbocycles. The molecule has 0 saturated heterocycles. The minimum atomic E-state index is -2.70. The van der Waals surface area contributed by atoms with Gasteiger partial charge in [-0.25, -0.2) is 13.8 Å². The summed E-state index contributed by atoms with van der Waals surface area (Å²) in [7, 11) is 1.27. The van der Waals surface area contributed by atoms with Gasteiger partial charge >= 0.3 is 0 Å². The summed E-state index contributed by atoms with van der Waals surface area (Å²) in [4.78, 5) is 3.64. The fourth-order valence-corrected chi connectivity index (χ4v) is 1.34. The number of alkyl halides is 2. The largest absolute Gasteiger partial charge is 0.481 e. The Hall–Kier alpha value is -0.940. The lowest BCUT2D eigenvalue weighted by Crippen LogP contribution is -2.06. The summed E-state index contributed by atoms with van der Waals surface area (Å²) in [5.41, 5.74) is 5.16. The summed E-state index contributed by atoms with van der Waals surface area (Å²) in [6, 6.07) is 0. The maximum atomic E-state index is 12.6. The summed E-state index contributed by atoms with van der Waals surface area (Å²) in [5.74, 6) is -0.134. The molecule has 2 N–H and O–H groups in total. The van der Waals surface area contributed by atoms with Crippen molar-refractivity contribution in [1.82, 2.24) is 4.98 Å². The molecule has 0 atom stereocenters. The quantitative estimate of drug-likeness (QED) is 0.853. The van der Waals surface area contributed by atoms with Crippen LogP contribution in [0.5, 0.6) is 5.88 Å². The number of nitrogens with two attached hydrogens (primary N) is 1. The van der Waals surface area contributed by atoms with Crippen molar-refractivity contribution >= 4 is 11.6 Å². The summed E-state index contributed by atoms with van der Waals surface area (Å²) in [6.07, 6.45) is -1.45. The summed E-state index contributed by atoms with van der Waals surface area (Å²) in [6.45, 7) is -0.0720. The van der Waals surface area contributed by atoms with Crippen LogP contribution in [-0.2, 0) is 6.54 Å². The molecule has 6 heteroatoms. The van der Waals surface area contributed by atoms with Crippen LogP contribution in [0.1, 0.15) is 17.6 Å². The second-order valence-corrected chi connectivity index (χ2v) is 2.92. The van der Waals surface area contributed by atoms with Crippen LogP contribution in [-0.4, -0.2) is 12.1 Å². The van der Waals surface area contributed by atoms with Crippen LogP contribution in [0, 0.1) is 0 Å². The molecule has 0 fully saturated rings. The van der Waals surface area contributed by atoms with E-state index in [2.05, 4.69) is 4.98 Å². The topological polar surface area (TPSA) is 48.1 Å². The highest BCUT2D eigenvalue weighted by Gasteiger charge is 2.21. The van der Waals surface area contributed by atoms with E-state index < -0.39 is 6.43 Å². The first-order chi connectivity index (χ1) is 6.61. The molecule has 1 rings (SSSR count). The number of aromatic nitrogens is 1. The van der Waals surface area contributed by atoms with Gasteiger partial charge in [0.2, 0.25) is 5.88 Å². The van der Waals surface area contributed by atoms with Crippen LogP contribution >= 0.6 is 11.6 Å². The van der Waals surface area contributed by atoms with E-state index in [0.717, 1.165) is 0 Å². The molecule has 0 saturated carbocycles. The minimum absolute atomic E-state index is 0.0720. The van der Waals surface area contributed by atoms with Gasteiger partial charge in [-0.2, -0.15) is 0 Å². The van der Waals surface area contributed by atoms with Crippen LogP contribution in [0.25, 0.3) is 0 Å². The molecule has 0 aliphatic heterocycles. The van der Waals surface area contributed by atoms with E-state index in [-0.39, 0.29) is 28.6 Å². The number of ether oxygens (including phenoxy) is 1. The summed E-state index contributed by atoms with van der Waals surface area (Å²) in [5, 5.41) is 0.128. The first kappa shape index (κ1) is 11.1. The predicted molar refractivity (Wildman–Crippen MR) is 48.6 cm³/mol. The Morgan fingerprint density at radius 3 is 2.71 bits per heavy atom. The Balaban J connectivity index is 3.36. The fourth-order valence-electron chi connectivity index (χ4n) is 1.12. The van der Waals surface area contributed by atoms with Crippen LogP contribution < -0.4 is 10.5 Å². The third-order valence-corrected chi connectivity index (χ3v) is 2.08. The van der Waals surface area contributed by atoms with E-state index in [0.29, 0.717) is 0 Å². The lowest BCUT2D eigenvalue weighted by Gasteiger charge is -2.11. The fraction of sp³-hybridized carbons (Fsp3) is 0.375. The molecule has 0 amide bonds. The molecule has 0 aliphatic rings. The maximum Gasteiger partial charge on any atom is 0.269 e. The van der Waals surface area contributed by atoms with Gasteiger partial charge in [-0.15, -0.1) is 0 Å². The zero-order chi connectivity index (χ0) is 10.7.